The molecule has 0 amide bonds. The van der Waals surface area contributed by atoms with Gasteiger partial charge in [0.15, 0.2) is 0 Å². The van der Waals surface area contributed by atoms with E-state index >= 15 is 0 Å². The molecule has 1 saturated heterocycles. The van der Waals surface area contributed by atoms with Crippen LogP contribution in [0.2, 0.25) is 0 Å². The molecule has 3 heterocycles. The largest absolute Gasteiger partial charge is 0.497 e. The molecule has 0 unspecified atom stereocenters. The van der Waals surface area contributed by atoms with Crippen LogP contribution in [0.5, 0.6) is 0 Å². The van der Waals surface area contributed by atoms with Crippen LogP contribution in [0.15, 0.2) is 30.3 Å². The van der Waals surface area contributed by atoms with Gasteiger partial charge in [-0.25, -0.2) is 4.98 Å². The van der Waals surface area contributed by atoms with Gasteiger partial charge in [-0.15, -0.1) is 0 Å². The van der Waals surface area contributed by atoms with E-state index in [1.807, 2.05) is 6.07 Å². The van der Waals surface area contributed by atoms with Gasteiger partial charge >= 0.3 is 7.12 Å². The van der Waals surface area contributed by atoms with Crippen molar-refractivity contribution >= 4 is 23.6 Å². The number of benzene rings is 1. The topological polar surface area (TPSA) is 41.2 Å². The molecule has 2 aromatic heterocycles. The van der Waals surface area contributed by atoms with E-state index < -0.39 is 7.12 Å². The molecule has 26 heavy (non-hydrogen) atoms. The zero-order chi connectivity index (χ0) is 18.9. The number of nitrogens with zero attached hydrogens (tertiary/aromatic N) is 3. The lowest BCUT2D eigenvalue weighted by atomic mass is 9.78. The summed E-state index contributed by atoms with van der Waals surface area (Å²) in [5, 5.41) is 0. The number of hydrogen-bond acceptors (Lipinski definition) is 3. The molecule has 1 aliphatic heterocycles. The van der Waals surface area contributed by atoms with Crippen molar-refractivity contribution in [2.24, 2.45) is 7.05 Å². The van der Waals surface area contributed by atoms with E-state index in [0.717, 1.165) is 33.8 Å². The minimum atomic E-state index is -0.418. The third-order valence-electron chi connectivity index (χ3n) is 5.90. The fraction of sp³-hybridized carbons (Fsp3) is 0.450. The second-order valence-corrected chi connectivity index (χ2v) is 8.23. The molecule has 5 nitrogen and oxygen atoms in total. The van der Waals surface area contributed by atoms with E-state index in [-0.39, 0.29) is 11.2 Å². The lowest BCUT2D eigenvalue weighted by molar-refractivity contribution is 0.00578. The fourth-order valence-electron chi connectivity index (χ4n) is 3.57. The van der Waals surface area contributed by atoms with E-state index in [9.17, 15) is 0 Å². The van der Waals surface area contributed by atoms with Crippen molar-refractivity contribution in [1.82, 2.24) is 14.1 Å². The minimum Gasteiger partial charge on any atom is -0.399 e. The Hall–Kier alpha value is -2.05. The quantitative estimate of drug-likeness (QED) is 0.666. The summed E-state index contributed by atoms with van der Waals surface area (Å²) >= 11 is 0. The summed E-state index contributed by atoms with van der Waals surface area (Å²) in [6.07, 6.45) is 0. The number of imidazole rings is 1. The monoisotopic (exact) mass is 351 g/mol. The van der Waals surface area contributed by atoms with Gasteiger partial charge in [-0.2, -0.15) is 0 Å². The molecule has 0 aliphatic carbocycles. The van der Waals surface area contributed by atoms with Gasteiger partial charge in [-0.3, -0.25) is 4.57 Å². The molecule has 0 radical (unpaired) electrons. The second-order valence-electron chi connectivity index (χ2n) is 8.23. The average molecular weight is 351 g/mol. The van der Waals surface area contributed by atoms with Crippen molar-refractivity contribution in [3.63, 3.8) is 0 Å². The van der Waals surface area contributed by atoms with Gasteiger partial charge in [-0.05, 0) is 59.7 Å². The van der Waals surface area contributed by atoms with Crippen molar-refractivity contribution in [3.8, 4) is 5.95 Å². The summed E-state index contributed by atoms with van der Waals surface area (Å²) in [6, 6.07) is 10.4. The second kappa shape index (κ2) is 5.48. The van der Waals surface area contributed by atoms with Crippen LogP contribution >= 0.6 is 0 Å². The van der Waals surface area contributed by atoms with Crippen LogP contribution in [-0.4, -0.2) is 32.4 Å². The molecular weight excluding hydrogens is 325 g/mol. The normalized spacial score (nSPS) is 18.8. The zero-order valence-electron chi connectivity index (χ0n) is 16.6. The Kier molecular flexibility index (Phi) is 3.66. The van der Waals surface area contributed by atoms with Crippen LogP contribution in [0.4, 0.5) is 0 Å². The molecule has 0 spiro atoms. The first-order chi connectivity index (χ1) is 12.1. The molecule has 136 valence electrons. The van der Waals surface area contributed by atoms with Gasteiger partial charge in [0.2, 0.25) is 5.95 Å². The van der Waals surface area contributed by atoms with Crippen molar-refractivity contribution < 1.29 is 9.31 Å². The summed E-state index contributed by atoms with van der Waals surface area (Å²) in [4.78, 5) is 4.98. The van der Waals surface area contributed by atoms with Crippen molar-refractivity contribution in [2.75, 3.05) is 0 Å². The standard InChI is InChI=1S/C20H26BN3O2/c1-13-11-12-14(2)24(13)18-22-17-15(9-8-10-16(17)23(18)7)21-25-19(3,4)20(5,6)26-21/h8-12H,1-7H3. The number of fused-ring (bicyclic) bond motifs is 1. The Balaban J connectivity index is 1.88. The van der Waals surface area contributed by atoms with E-state index in [2.05, 4.69) is 82.0 Å². The van der Waals surface area contributed by atoms with Crippen molar-refractivity contribution in [2.45, 2.75) is 52.7 Å². The molecule has 3 aromatic rings. The molecule has 1 aliphatic rings. The van der Waals surface area contributed by atoms with Crippen LogP contribution in [0, 0.1) is 13.8 Å². The summed E-state index contributed by atoms with van der Waals surface area (Å²) in [7, 11) is 1.63. The van der Waals surface area contributed by atoms with E-state index in [1.165, 1.54) is 0 Å². The maximum absolute atomic E-state index is 6.27. The lowest BCUT2D eigenvalue weighted by Gasteiger charge is -2.32. The number of para-hydroxylation sites is 1. The molecule has 0 atom stereocenters. The van der Waals surface area contributed by atoms with Crippen molar-refractivity contribution in [1.29, 1.82) is 0 Å². The van der Waals surface area contributed by atoms with Crippen LogP contribution in [0.25, 0.3) is 17.0 Å². The number of hydrogen-bond donors (Lipinski definition) is 0. The molecule has 4 rings (SSSR count). The highest BCUT2D eigenvalue weighted by atomic mass is 16.7. The lowest BCUT2D eigenvalue weighted by Crippen LogP contribution is -2.41. The highest BCUT2D eigenvalue weighted by Crippen LogP contribution is 2.37. The molecule has 0 bridgehead atoms. The SMILES string of the molecule is Cc1ccc(C)n1-c1nc2c(B3OC(C)(C)C(C)(C)O3)cccc2n1C. The third-order valence-corrected chi connectivity index (χ3v) is 5.90. The molecule has 0 saturated carbocycles. The van der Waals surface area contributed by atoms with E-state index in [4.69, 9.17) is 14.3 Å². The number of rotatable bonds is 2. The van der Waals surface area contributed by atoms with Crippen LogP contribution in [-0.2, 0) is 16.4 Å². The van der Waals surface area contributed by atoms with Gasteiger partial charge in [0.05, 0.1) is 22.2 Å². The maximum atomic E-state index is 6.27. The molecule has 0 N–H and O–H groups in total. The van der Waals surface area contributed by atoms with Gasteiger partial charge < -0.3 is 13.9 Å². The Labute approximate surface area is 155 Å². The van der Waals surface area contributed by atoms with Crippen LogP contribution in [0.1, 0.15) is 39.1 Å². The summed E-state index contributed by atoms with van der Waals surface area (Å²) in [5.74, 6) is 0.906. The molecule has 6 heteroatoms. The summed E-state index contributed by atoms with van der Waals surface area (Å²) < 4.78 is 16.8. The Morgan fingerprint density at radius 3 is 2.08 bits per heavy atom. The van der Waals surface area contributed by atoms with Gasteiger partial charge in [0, 0.05) is 23.9 Å². The van der Waals surface area contributed by atoms with Gasteiger partial charge in [-0.1, -0.05) is 12.1 Å². The highest BCUT2D eigenvalue weighted by Gasteiger charge is 2.52. The fourth-order valence-corrected chi connectivity index (χ4v) is 3.57. The Bertz CT molecular complexity index is 965. The summed E-state index contributed by atoms with van der Waals surface area (Å²) in [5.41, 5.74) is 4.56. The predicted octanol–water partition coefficient (Wildman–Crippen LogP) is 3.28. The molecule has 1 fully saturated rings. The molecule has 1 aromatic carbocycles. The first kappa shape index (κ1) is 17.4. The molecular formula is C20H26BN3O2. The first-order valence-electron chi connectivity index (χ1n) is 9.09. The average Bonchev–Trinajstić information content (AvgIpc) is 3.12. The first-order valence-corrected chi connectivity index (χ1v) is 9.09. The maximum Gasteiger partial charge on any atom is 0.497 e. The predicted molar refractivity (Wildman–Crippen MR) is 105 cm³/mol. The minimum absolute atomic E-state index is 0.370. The van der Waals surface area contributed by atoms with Crippen LogP contribution < -0.4 is 5.46 Å². The van der Waals surface area contributed by atoms with Gasteiger partial charge in [0.25, 0.3) is 0 Å². The smallest absolute Gasteiger partial charge is 0.399 e. The summed E-state index contributed by atoms with van der Waals surface area (Å²) in [6.45, 7) is 12.5. The van der Waals surface area contributed by atoms with Crippen molar-refractivity contribution in [3.05, 3.63) is 41.7 Å². The number of aryl methyl sites for hydroxylation is 3. The third kappa shape index (κ3) is 2.36. The highest BCUT2D eigenvalue weighted by molar-refractivity contribution is 6.64. The van der Waals surface area contributed by atoms with Crippen LogP contribution in [0.3, 0.4) is 0 Å². The Morgan fingerprint density at radius 2 is 1.50 bits per heavy atom. The Morgan fingerprint density at radius 1 is 0.923 bits per heavy atom. The van der Waals surface area contributed by atoms with Gasteiger partial charge in [0.1, 0.15) is 0 Å². The van der Waals surface area contributed by atoms with E-state index in [0.29, 0.717) is 0 Å². The zero-order valence-corrected chi connectivity index (χ0v) is 16.6. The number of aromatic nitrogens is 3. The van der Waals surface area contributed by atoms with E-state index in [1.54, 1.807) is 0 Å².